The van der Waals surface area contributed by atoms with Crippen LogP contribution >= 0.6 is 11.6 Å². The molecule has 2 aliphatic rings. The monoisotopic (exact) mass is 730 g/mol. The van der Waals surface area contributed by atoms with Gasteiger partial charge in [-0.2, -0.15) is 0 Å². The van der Waals surface area contributed by atoms with Crippen LogP contribution in [0.4, 0.5) is 0 Å². The molecule has 0 amide bonds. The third kappa shape index (κ3) is 7.20. The average Bonchev–Trinajstić information content (AvgIpc) is 3.37. The Balaban J connectivity index is 1.35. The van der Waals surface area contributed by atoms with Gasteiger partial charge in [0.05, 0.1) is 38.4 Å². The van der Waals surface area contributed by atoms with E-state index < -0.39 is 41.5 Å². The maximum Gasteiger partial charge on any atom is 0.165 e. The number of rotatable bonds is 15. The van der Waals surface area contributed by atoms with Crippen LogP contribution in [0.2, 0.25) is 5.02 Å². The summed E-state index contributed by atoms with van der Waals surface area (Å²) in [6, 6.07) is 42.0. The van der Waals surface area contributed by atoms with Crippen molar-refractivity contribution in [2.45, 2.75) is 63.3 Å². The maximum absolute atomic E-state index is 15.3. The first-order chi connectivity index (χ1) is 25.9. The summed E-state index contributed by atoms with van der Waals surface area (Å²) in [7, 11) is 0. The Kier molecular flexibility index (Phi) is 11.2. The molecule has 7 rings (SSSR count). The van der Waals surface area contributed by atoms with E-state index in [1.54, 1.807) is 12.1 Å². The first-order valence-electron chi connectivity index (χ1n) is 18.1. The van der Waals surface area contributed by atoms with Crippen LogP contribution in [-0.2, 0) is 55.5 Å². The fraction of sp³-hybridized carbons (Fsp3) is 0.289. The normalized spacial score (nSPS) is 23.6. The molecule has 53 heavy (non-hydrogen) atoms. The number of halogens is 1. The molecule has 0 heterocycles. The molecule has 5 aromatic carbocycles. The first kappa shape index (κ1) is 36.7. The van der Waals surface area contributed by atoms with Crippen LogP contribution in [0.25, 0.3) is 0 Å². The highest BCUT2D eigenvalue weighted by atomic mass is 35.5. The van der Waals surface area contributed by atoms with Gasteiger partial charge in [0.2, 0.25) is 0 Å². The van der Waals surface area contributed by atoms with Gasteiger partial charge in [-0.25, -0.2) is 0 Å². The zero-order chi connectivity index (χ0) is 36.8. The van der Waals surface area contributed by atoms with Crippen molar-refractivity contribution >= 4 is 23.2 Å². The van der Waals surface area contributed by atoms with E-state index in [0.29, 0.717) is 23.6 Å². The topological polar surface area (TPSA) is 91.3 Å². The van der Waals surface area contributed by atoms with Crippen molar-refractivity contribution in [1.29, 1.82) is 0 Å². The van der Waals surface area contributed by atoms with Crippen LogP contribution in [0.15, 0.2) is 133 Å². The van der Waals surface area contributed by atoms with E-state index in [-0.39, 0.29) is 32.0 Å². The van der Waals surface area contributed by atoms with Gasteiger partial charge in [-0.1, -0.05) is 127 Å². The number of Topliss-reactive ketones (excluding diaryl/α,β-unsaturated/α-hetero) is 2. The van der Waals surface area contributed by atoms with Crippen molar-refractivity contribution in [1.82, 2.24) is 0 Å². The maximum atomic E-state index is 15.3. The summed E-state index contributed by atoms with van der Waals surface area (Å²) in [5, 5.41) is 11.8. The number of aliphatic hydroxyl groups is 1. The number of ether oxygens (including phenoxy) is 4. The lowest BCUT2D eigenvalue weighted by molar-refractivity contribution is -0.219. The van der Waals surface area contributed by atoms with Gasteiger partial charge >= 0.3 is 0 Å². The minimum atomic E-state index is -1.80. The molecule has 5 atom stereocenters. The lowest BCUT2D eigenvalue weighted by atomic mass is 9.60. The van der Waals surface area contributed by atoms with Crippen LogP contribution in [0.3, 0.4) is 0 Å². The molecule has 2 bridgehead atoms. The average molecular weight is 731 g/mol. The number of aliphatic hydroxyl groups excluding tert-OH is 1. The second-order valence-corrected chi connectivity index (χ2v) is 14.2. The molecular weight excluding hydrogens is 688 g/mol. The fourth-order valence-corrected chi connectivity index (χ4v) is 8.10. The predicted octanol–water partition coefficient (Wildman–Crippen LogP) is 7.86. The molecule has 8 heteroatoms. The minimum Gasteiger partial charge on any atom is -0.494 e. The van der Waals surface area contributed by atoms with Gasteiger partial charge < -0.3 is 24.1 Å². The predicted molar refractivity (Wildman–Crippen MR) is 203 cm³/mol. The van der Waals surface area contributed by atoms with Crippen LogP contribution in [-0.4, -0.2) is 48.2 Å². The Labute approximate surface area is 315 Å². The van der Waals surface area contributed by atoms with Crippen molar-refractivity contribution in [3.63, 3.8) is 0 Å². The standard InChI is InChI=1S/C45H43ClO7/c1-2-50-37-21-18-31(19-22-37)24-35-25-36(20-23-38(35)46)45-39(48)26-44(30-47,43(45)49)41(52-28-33-14-8-4-9-15-33)40(51-27-32-12-6-3-7-13-32)42(45)53-29-34-16-10-5-11-17-34/h3-23,25,40-42,47H,2,24,26-30H2,1H3/t40-,41+,42-,44-,45+/m0/s1. The van der Waals surface area contributed by atoms with Gasteiger partial charge in [-0.05, 0) is 64.9 Å². The van der Waals surface area contributed by atoms with Crippen molar-refractivity contribution in [3.05, 3.63) is 172 Å². The molecule has 1 N–H and O–H groups in total. The van der Waals surface area contributed by atoms with Crippen LogP contribution < -0.4 is 4.74 Å². The van der Waals surface area contributed by atoms with E-state index in [9.17, 15) is 9.90 Å². The van der Waals surface area contributed by atoms with Gasteiger partial charge in [0.1, 0.15) is 29.5 Å². The highest BCUT2D eigenvalue weighted by Gasteiger charge is 2.76. The lowest BCUT2D eigenvalue weighted by Gasteiger charge is -2.50. The molecular formula is C45H43ClO7. The number of hydrogen-bond donors (Lipinski definition) is 1. The molecule has 0 unspecified atom stereocenters. The summed E-state index contributed by atoms with van der Waals surface area (Å²) in [5.74, 6) is -0.00530. The third-order valence-corrected chi connectivity index (χ3v) is 10.9. The molecule has 0 saturated heterocycles. The van der Waals surface area contributed by atoms with E-state index in [0.717, 1.165) is 33.6 Å². The molecule has 2 fully saturated rings. The number of benzene rings is 5. The highest BCUT2D eigenvalue weighted by molar-refractivity contribution is 6.31. The van der Waals surface area contributed by atoms with Gasteiger partial charge in [0.25, 0.3) is 0 Å². The van der Waals surface area contributed by atoms with E-state index >= 15 is 4.79 Å². The smallest absolute Gasteiger partial charge is 0.165 e. The van der Waals surface area contributed by atoms with Crippen molar-refractivity contribution in [2.75, 3.05) is 13.2 Å². The van der Waals surface area contributed by atoms with Gasteiger partial charge in [0.15, 0.2) is 11.6 Å². The summed E-state index contributed by atoms with van der Waals surface area (Å²) in [6.45, 7) is 2.34. The summed E-state index contributed by atoms with van der Waals surface area (Å²) in [4.78, 5) is 30.2. The molecule has 0 aliphatic heterocycles. The van der Waals surface area contributed by atoms with Crippen molar-refractivity contribution in [2.24, 2.45) is 5.41 Å². The Morgan fingerprint density at radius 2 is 1.23 bits per heavy atom. The summed E-state index contributed by atoms with van der Waals surface area (Å²) < 4.78 is 25.9. The molecule has 0 aromatic heterocycles. The molecule has 2 aliphatic carbocycles. The van der Waals surface area contributed by atoms with Crippen molar-refractivity contribution in [3.8, 4) is 5.75 Å². The molecule has 2 saturated carbocycles. The van der Waals surface area contributed by atoms with Crippen molar-refractivity contribution < 1.29 is 33.6 Å². The molecule has 0 spiro atoms. The SMILES string of the molecule is CCOc1ccc(Cc2cc([C@]34C(=O)C[C@@](CO)(C3=O)[C@H](OCc3ccccc3)[C@H](OCc3ccccc3)[C@@H]4OCc3ccccc3)ccc2Cl)cc1. The summed E-state index contributed by atoms with van der Waals surface area (Å²) >= 11 is 6.83. The number of carbonyl (C=O) groups is 2. The van der Waals surface area contributed by atoms with E-state index in [2.05, 4.69) is 0 Å². The lowest BCUT2D eigenvalue weighted by Crippen LogP contribution is -2.68. The zero-order valence-corrected chi connectivity index (χ0v) is 30.4. The minimum absolute atomic E-state index is 0.114. The number of ketones is 2. The Morgan fingerprint density at radius 3 is 1.77 bits per heavy atom. The quantitative estimate of drug-likeness (QED) is 0.110. The highest BCUT2D eigenvalue weighted by Crippen LogP contribution is 2.58. The Morgan fingerprint density at radius 1 is 0.679 bits per heavy atom. The van der Waals surface area contributed by atoms with Gasteiger partial charge in [-0.15, -0.1) is 0 Å². The summed E-state index contributed by atoms with van der Waals surface area (Å²) in [6.07, 6.45) is -2.80. The molecule has 0 radical (unpaired) electrons. The zero-order valence-electron chi connectivity index (χ0n) is 29.7. The van der Waals surface area contributed by atoms with E-state index in [1.807, 2.05) is 128 Å². The summed E-state index contributed by atoms with van der Waals surface area (Å²) in [5.41, 5.74) is 1.47. The molecule has 7 nitrogen and oxygen atoms in total. The van der Waals surface area contributed by atoms with E-state index in [4.69, 9.17) is 30.5 Å². The Bertz CT molecular complexity index is 2000. The number of fused-ring (bicyclic) bond motifs is 2. The molecule has 5 aromatic rings. The third-order valence-electron chi connectivity index (χ3n) is 10.5. The van der Waals surface area contributed by atoms with Crippen LogP contribution in [0.5, 0.6) is 5.75 Å². The second-order valence-electron chi connectivity index (χ2n) is 13.8. The largest absolute Gasteiger partial charge is 0.494 e. The van der Waals surface area contributed by atoms with Gasteiger partial charge in [-0.3, -0.25) is 9.59 Å². The van der Waals surface area contributed by atoms with E-state index in [1.165, 1.54) is 0 Å². The Hall–Kier alpha value is -4.63. The first-order valence-corrected chi connectivity index (χ1v) is 18.4. The van der Waals surface area contributed by atoms with Crippen LogP contribution in [0, 0.1) is 5.41 Å². The molecule has 272 valence electrons. The fourth-order valence-electron chi connectivity index (χ4n) is 7.92. The van der Waals surface area contributed by atoms with Crippen LogP contribution in [0.1, 0.15) is 46.7 Å². The number of hydrogen-bond acceptors (Lipinski definition) is 7. The second kappa shape index (κ2) is 16.2. The van der Waals surface area contributed by atoms with Gasteiger partial charge in [0, 0.05) is 11.4 Å². The number of carbonyl (C=O) groups excluding carboxylic acids is 2.